The zero-order chi connectivity index (χ0) is 11.7. The maximum Gasteiger partial charge on any atom is 0.0958 e. The van der Waals surface area contributed by atoms with Gasteiger partial charge in [-0.05, 0) is 25.5 Å². The van der Waals surface area contributed by atoms with Crippen molar-refractivity contribution in [1.29, 1.82) is 0 Å². The minimum Gasteiger partial charge on any atom is -0.316 e. The molecule has 2 aromatic rings. The molecule has 0 spiro atoms. The van der Waals surface area contributed by atoms with Gasteiger partial charge in [0.25, 0.3) is 0 Å². The first-order valence-electron chi connectivity index (χ1n) is 6.19. The largest absolute Gasteiger partial charge is 0.316 e. The molecule has 17 heavy (non-hydrogen) atoms. The second-order valence-corrected chi connectivity index (χ2v) is 4.59. The molecule has 3 rings (SSSR count). The van der Waals surface area contributed by atoms with Crippen LogP contribution in [0.4, 0.5) is 0 Å². The summed E-state index contributed by atoms with van der Waals surface area (Å²) in [6.07, 6.45) is 2.11. The Morgan fingerprint density at radius 3 is 2.82 bits per heavy atom. The first-order valence-corrected chi connectivity index (χ1v) is 6.19. The van der Waals surface area contributed by atoms with Gasteiger partial charge < -0.3 is 5.32 Å². The second-order valence-electron chi connectivity index (χ2n) is 4.59. The summed E-state index contributed by atoms with van der Waals surface area (Å²) in [5, 5.41) is 11.1. The molecule has 1 aromatic heterocycles. The third kappa shape index (κ3) is 1.87. The molecule has 3 heteroatoms. The van der Waals surface area contributed by atoms with Crippen molar-refractivity contribution >= 4 is 0 Å². The van der Waals surface area contributed by atoms with E-state index in [1.165, 1.54) is 22.4 Å². The number of aryl methyl sites for hydroxylation is 1. The molecule has 2 N–H and O–H groups in total. The molecule has 1 aromatic carbocycles. The standard InChI is InChI=1S/C14H17N3/c1-10-4-2-3-5-11(10)14-12-6-8-15-9-7-13(12)16-17-14/h2-5,15H,6-9H2,1H3,(H,16,17). The van der Waals surface area contributed by atoms with Gasteiger partial charge in [-0.25, -0.2) is 0 Å². The van der Waals surface area contributed by atoms with Crippen molar-refractivity contribution < 1.29 is 0 Å². The van der Waals surface area contributed by atoms with E-state index in [4.69, 9.17) is 0 Å². The van der Waals surface area contributed by atoms with Gasteiger partial charge in [-0.1, -0.05) is 24.3 Å². The number of aromatic amines is 1. The van der Waals surface area contributed by atoms with Gasteiger partial charge in [-0.2, -0.15) is 5.10 Å². The highest BCUT2D eigenvalue weighted by atomic mass is 15.1. The van der Waals surface area contributed by atoms with Crippen LogP contribution in [-0.2, 0) is 12.8 Å². The lowest BCUT2D eigenvalue weighted by molar-refractivity contribution is 0.703. The molecule has 0 bridgehead atoms. The van der Waals surface area contributed by atoms with Crippen molar-refractivity contribution in [2.75, 3.05) is 13.1 Å². The van der Waals surface area contributed by atoms with Gasteiger partial charge >= 0.3 is 0 Å². The molecule has 2 heterocycles. The number of benzene rings is 1. The summed E-state index contributed by atoms with van der Waals surface area (Å²) in [5.74, 6) is 0. The zero-order valence-corrected chi connectivity index (χ0v) is 10.1. The van der Waals surface area contributed by atoms with Crippen LogP contribution in [-0.4, -0.2) is 23.3 Å². The molecule has 0 amide bonds. The van der Waals surface area contributed by atoms with E-state index in [0.717, 1.165) is 31.6 Å². The van der Waals surface area contributed by atoms with Crippen LogP contribution in [0, 0.1) is 6.92 Å². The topological polar surface area (TPSA) is 40.7 Å². The van der Waals surface area contributed by atoms with Gasteiger partial charge in [0.2, 0.25) is 0 Å². The van der Waals surface area contributed by atoms with Crippen molar-refractivity contribution in [3.8, 4) is 11.3 Å². The van der Waals surface area contributed by atoms with Crippen molar-refractivity contribution in [2.45, 2.75) is 19.8 Å². The Labute approximate surface area is 101 Å². The van der Waals surface area contributed by atoms with Gasteiger partial charge in [0.05, 0.1) is 5.69 Å². The molecule has 1 aliphatic heterocycles. The normalized spacial score (nSPS) is 15.4. The highest BCUT2D eigenvalue weighted by molar-refractivity contribution is 5.67. The Balaban J connectivity index is 2.10. The number of fused-ring (bicyclic) bond motifs is 1. The SMILES string of the molecule is Cc1ccccc1-c1n[nH]c2c1CCNCC2. The fraction of sp³-hybridized carbons (Fsp3) is 0.357. The fourth-order valence-electron chi connectivity index (χ4n) is 2.49. The Kier molecular flexibility index (Phi) is 2.69. The molecule has 0 radical (unpaired) electrons. The van der Waals surface area contributed by atoms with Gasteiger partial charge in [-0.3, -0.25) is 5.10 Å². The van der Waals surface area contributed by atoms with E-state index in [-0.39, 0.29) is 0 Å². The number of hydrogen-bond donors (Lipinski definition) is 2. The monoisotopic (exact) mass is 227 g/mol. The number of hydrogen-bond acceptors (Lipinski definition) is 2. The number of nitrogens with one attached hydrogen (secondary N) is 2. The van der Waals surface area contributed by atoms with Crippen LogP contribution in [0.1, 0.15) is 16.8 Å². The molecule has 0 saturated heterocycles. The Morgan fingerprint density at radius 1 is 1.12 bits per heavy atom. The van der Waals surface area contributed by atoms with Crippen molar-refractivity contribution in [3.63, 3.8) is 0 Å². The van der Waals surface area contributed by atoms with Crippen molar-refractivity contribution in [1.82, 2.24) is 15.5 Å². The smallest absolute Gasteiger partial charge is 0.0958 e. The zero-order valence-electron chi connectivity index (χ0n) is 10.1. The molecule has 1 aliphatic rings. The summed E-state index contributed by atoms with van der Waals surface area (Å²) in [7, 11) is 0. The van der Waals surface area contributed by atoms with E-state index in [2.05, 4.69) is 46.7 Å². The molecule has 3 nitrogen and oxygen atoms in total. The van der Waals surface area contributed by atoms with E-state index in [1.54, 1.807) is 0 Å². The molecular weight excluding hydrogens is 210 g/mol. The fourth-order valence-corrected chi connectivity index (χ4v) is 2.49. The highest BCUT2D eigenvalue weighted by Crippen LogP contribution is 2.27. The first kappa shape index (κ1) is 10.5. The van der Waals surface area contributed by atoms with E-state index in [1.807, 2.05) is 0 Å². The average molecular weight is 227 g/mol. The molecular formula is C14H17N3. The van der Waals surface area contributed by atoms with E-state index in [9.17, 15) is 0 Å². The number of H-pyrrole nitrogens is 1. The first-order chi connectivity index (χ1) is 8.36. The molecule has 0 fully saturated rings. The molecule has 0 unspecified atom stereocenters. The van der Waals surface area contributed by atoms with E-state index in [0.29, 0.717) is 0 Å². The summed E-state index contributed by atoms with van der Waals surface area (Å²) < 4.78 is 0. The van der Waals surface area contributed by atoms with Crippen LogP contribution in [0.25, 0.3) is 11.3 Å². The van der Waals surface area contributed by atoms with Crippen LogP contribution in [0.3, 0.4) is 0 Å². The molecule has 88 valence electrons. The third-order valence-electron chi connectivity index (χ3n) is 3.46. The quantitative estimate of drug-likeness (QED) is 0.783. The lowest BCUT2D eigenvalue weighted by Gasteiger charge is -2.05. The van der Waals surface area contributed by atoms with Crippen LogP contribution in [0.2, 0.25) is 0 Å². The van der Waals surface area contributed by atoms with Gasteiger partial charge in [0, 0.05) is 29.8 Å². The van der Waals surface area contributed by atoms with Gasteiger partial charge in [-0.15, -0.1) is 0 Å². The average Bonchev–Trinajstić information content (AvgIpc) is 2.59. The maximum atomic E-state index is 4.52. The predicted molar refractivity (Wildman–Crippen MR) is 69.0 cm³/mol. The minimum absolute atomic E-state index is 1.04. The molecule has 0 atom stereocenters. The predicted octanol–water partition coefficient (Wildman–Crippen LogP) is 2.07. The third-order valence-corrected chi connectivity index (χ3v) is 3.46. The second kappa shape index (κ2) is 4.34. The summed E-state index contributed by atoms with van der Waals surface area (Å²) >= 11 is 0. The van der Waals surface area contributed by atoms with E-state index >= 15 is 0 Å². The highest BCUT2D eigenvalue weighted by Gasteiger charge is 2.17. The summed E-state index contributed by atoms with van der Waals surface area (Å²) in [5.41, 5.74) is 6.38. The number of nitrogens with zero attached hydrogens (tertiary/aromatic N) is 1. The minimum atomic E-state index is 1.04. The molecule has 0 aliphatic carbocycles. The van der Waals surface area contributed by atoms with Gasteiger partial charge in [0.1, 0.15) is 0 Å². The van der Waals surface area contributed by atoms with Crippen LogP contribution >= 0.6 is 0 Å². The van der Waals surface area contributed by atoms with Crippen molar-refractivity contribution in [3.05, 3.63) is 41.1 Å². The Morgan fingerprint density at radius 2 is 1.94 bits per heavy atom. The number of rotatable bonds is 1. The number of aromatic nitrogens is 2. The Hall–Kier alpha value is -1.61. The summed E-state index contributed by atoms with van der Waals surface area (Å²) in [4.78, 5) is 0. The van der Waals surface area contributed by atoms with Gasteiger partial charge in [0.15, 0.2) is 0 Å². The summed E-state index contributed by atoms with van der Waals surface area (Å²) in [6, 6.07) is 8.46. The van der Waals surface area contributed by atoms with Crippen LogP contribution < -0.4 is 5.32 Å². The van der Waals surface area contributed by atoms with E-state index < -0.39 is 0 Å². The molecule has 0 saturated carbocycles. The Bertz CT molecular complexity index is 528. The lowest BCUT2D eigenvalue weighted by atomic mass is 9.99. The van der Waals surface area contributed by atoms with Crippen LogP contribution in [0.5, 0.6) is 0 Å². The lowest BCUT2D eigenvalue weighted by Crippen LogP contribution is -2.16. The summed E-state index contributed by atoms with van der Waals surface area (Å²) in [6.45, 7) is 4.24. The van der Waals surface area contributed by atoms with Crippen molar-refractivity contribution in [2.24, 2.45) is 0 Å². The maximum absolute atomic E-state index is 4.52. The van der Waals surface area contributed by atoms with Crippen LogP contribution in [0.15, 0.2) is 24.3 Å².